The van der Waals surface area contributed by atoms with Gasteiger partial charge in [0.25, 0.3) is 0 Å². The van der Waals surface area contributed by atoms with Crippen LogP contribution < -0.4 is 0 Å². The lowest BCUT2D eigenvalue weighted by Gasteiger charge is -2.30. The van der Waals surface area contributed by atoms with Crippen LogP contribution in [-0.4, -0.2) is 40.4 Å². The van der Waals surface area contributed by atoms with Gasteiger partial charge in [0.15, 0.2) is 0 Å². The SMILES string of the molecule is CC1(C(=O)O)CCCN1CCSc1ccc(F)cc1. The summed E-state index contributed by atoms with van der Waals surface area (Å²) in [6, 6.07) is 6.39. The number of nitrogens with zero attached hydrogens (tertiary/aromatic N) is 1. The van der Waals surface area contributed by atoms with Gasteiger partial charge in [-0.2, -0.15) is 0 Å². The van der Waals surface area contributed by atoms with E-state index >= 15 is 0 Å². The molecule has 5 heteroatoms. The number of aliphatic carboxylic acids is 1. The zero-order chi connectivity index (χ0) is 13.9. The molecule has 3 nitrogen and oxygen atoms in total. The van der Waals surface area contributed by atoms with Crippen LogP contribution in [-0.2, 0) is 4.79 Å². The van der Waals surface area contributed by atoms with E-state index < -0.39 is 11.5 Å². The number of likely N-dealkylation sites (tertiary alicyclic amines) is 1. The van der Waals surface area contributed by atoms with Crippen LogP contribution in [0.25, 0.3) is 0 Å². The fourth-order valence-corrected chi connectivity index (χ4v) is 3.30. The van der Waals surface area contributed by atoms with Crippen molar-refractivity contribution < 1.29 is 14.3 Å². The predicted octanol–water partition coefficient (Wildman–Crippen LogP) is 2.86. The Hall–Kier alpha value is -1.07. The summed E-state index contributed by atoms with van der Waals surface area (Å²) in [5.74, 6) is -0.159. The van der Waals surface area contributed by atoms with E-state index in [4.69, 9.17) is 0 Å². The Morgan fingerprint density at radius 3 is 2.79 bits per heavy atom. The first-order valence-corrected chi connectivity index (χ1v) is 7.38. The Morgan fingerprint density at radius 1 is 1.47 bits per heavy atom. The minimum absolute atomic E-state index is 0.234. The highest BCUT2D eigenvalue weighted by Gasteiger charge is 2.42. The molecule has 0 aromatic heterocycles. The van der Waals surface area contributed by atoms with Crippen LogP contribution in [0.1, 0.15) is 19.8 Å². The summed E-state index contributed by atoms with van der Waals surface area (Å²) in [5, 5.41) is 9.30. The van der Waals surface area contributed by atoms with Crippen molar-refractivity contribution in [2.24, 2.45) is 0 Å². The van der Waals surface area contributed by atoms with Crippen molar-refractivity contribution in [1.29, 1.82) is 0 Å². The standard InChI is InChI=1S/C14H18FNO2S/c1-14(13(17)18)7-2-8-16(14)9-10-19-12-5-3-11(15)4-6-12/h3-6H,2,7-10H2,1H3,(H,17,18). The van der Waals surface area contributed by atoms with E-state index in [2.05, 4.69) is 0 Å². The number of halogens is 1. The Balaban J connectivity index is 1.85. The summed E-state index contributed by atoms with van der Waals surface area (Å²) < 4.78 is 12.8. The van der Waals surface area contributed by atoms with E-state index in [-0.39, 0.29) is 5.82 Å². The molecule has 1 aliphatic heterocycles. The normalized spacial score (nSPS) is 23.7. The van der Waals surface area contributed by atoms with Gasteiger partial charge < -0.3 is 5.11 Å². The van der Waals surface area contributed by atoms with Gasteiger partial charge in [-0.25, -0.2) is 4.39 Å². The van der Waals surface area contributed by atoms with Crippen LogP contribution in [0.5, 0.6) is 0 Å². The van der Waals surface area contributed by atoms with Gasteiger partial charge in [0.1, 0.15) is 11.4 Å². The summed E-state index contributed by atoms with van der Waals surface area (Å²) >= 11 is 1.63. The summed E-state index contributed by atoms with van der Waals surface area (Å²) in [5.41, 5.74) is -0.719. The van der Waals surface area contributed by atoms with Gasteiger partial charge in [0, 0.05) is 17.2 Å². The molecule has 1 fully saturated rings. The number of hydrogen-bond acceptors (Lipinski definition) is 3. The molecule has 104 valence electrons. The largest absolute Gasteiger partial charge is 0.480 e. The van der Waals surface area contributed by atoms with Crippen LogP contribution >= 0.6 is 11.8 Å². The molecule has 0 spiro atoms. The quantitative estimate of drug-likeness (QED) is 0.844. The molecule has 1 heterocycles. The second-order valence-electron chi connectivity index (χ2n) is 4.97. The van der Waals surface area contributed by atoms with Gasteiger partial charge in [0.2, 0.25) is 0 Å². The van der Waals surface area contributed by atoms with Crippen molar-refractivity contribution >= 4 is 17.7 Å². The van der Waals surface area contributed by atoms with E-state index in [1.54, 1.807) is 30.8 Å². The second-order valence-corrected chi connectivity index (χ2v) is 6.14. The molecule has 0 aliphatic carbocycles. The molecule has 1 aromatic carbocycles. The third-order valence-electron chi connectivity index (χ3n) is 3.69. The maximum Gasteiger partial charge on any atom is 0.323 e. The average Bonchev–Trinajstić information content (AvgIpc) is 2.75. The third-order valence-corrected chi connectivity index (χ3v) is 4.69. The summed E-state index contributed by atoms with van der Waals surface area (Å²) in [7, 11) is 0. The molecular weight excluding hydrogens is 265 g/mol. The Kier molecular flexibility index (Phi) is 4.47. The molecule has 19 heavy (non-hydrogen) atoms. The number of carboxylic acid groups (broad SMARTS) is 1. The van der Waals surface area contributed by atoms with Gasteiger partial charge >= 0.3 is 5.97 Å². The van der Waals surface area contributed by atoms with Gasteiger partial charge in [-0.15, -0.1) is 11.8 Å². The fourth-order valence-electron chi connectivity index (χ4n) is 2.42. The second kappa shape index (κ2) is 5.92. The molecule has 0 radical (unpaired) electrons. The zero-order valence-corrected chi connectivity index (χ0v) is 11.8. The number of carboxylic acids is 1. The average molecular weight is 283 g/mol. The molecule has 0 amide bonds. The minimum Gasteiger partial charge on any atom is -0.480 e. The number of thioether (sulfide) groups is 1. The van der Waals surface area contributed by atoms with Crippen molar-refractivity contribution in [3.8, 4) is 0 Å². The highest BCUT2D eigenvalue weighted by molar-refractivity contribution is 7.99. The van der Waals surface area contributed by atoms with Crippen molar-refractivity contribution in [1.82, 2.24) is 4.90 Å². The molecule has 2 rings (SSSR count). The van der Waals surface area contributed by atoms with Crippen molar-refractivity contribution in [3.05, 3.63) is 30.1 Å². The lowest BCUT2D eigenvalue weighted by atomic mass is 9.99. The van der Waals surface area contributed by atoms with E-state index in [0.717, 1.165) is 30.2 Å². The van der Waals surface area contributed by atoms with E-state index in [0.29, 0.717) is 6.42 Å². The van der Waals surface area contributed by atoms with Crippen LogP contribution in [0.15, 0.2) is 29.2 Å². The zero-order valence-electron chi connectivity index (χ0n) is 10.9. The first-order valence-electron chi connectivity index (χ1n) is 6.39. The molecule has 1 aliphatic rings. The monoisotopic (exact) mass is 283 g/mol. The van der Waals surface area contributed by atoms with E-state index in [9.17, 15) is 14.3 Å². The third kappa shape index (κ3) is 3.28. The highest BCUT2D eigenvalue weighted by atomic mass is 32.2. The number of benzene rings is 1. The first kappa shape index (κ1) is 14.3. The van der Waals surface area contributed by atoms with Crippen LogP contribution in [0.3, 0.4) is 0 Å². The lowest BCUT2D eigenvalue weighted by Crippen LogP contribution is -2.48. The minimum atomic E-state index is -0.739. The van der Waals surface area contributed by atoms with Gasteiger partial charge in [0.05, 0.1) is 0 Å². The van der Waals surface area contributed by atoms with Gasteiger partial charge in [-0.05, 0) is 50.6 Å². The van der Waals surface area contributed by atoms with Crippen LogP contribution in [0, 0.1) is 5.82 Å². The number of hydrogen-bond donors (Lipinski definition) is 1. The first-order chi connectivity index (χ1) is 9.02. The van der Waals surface area contributed by atoms with E-state index in [1.807, 2.05) is 4.90 Å². The Labute approximate surface area is 116 Å². The maximum absolute atomic E-state index is 12.8. The van der Waals surface area contributed by atoms with Crippen LogP contribution in [0.2, 0.25) is 0 Å². The number of rotatable bonds is 5. The molecule has 1 N–H and O–H groups in total. The molecule has 1 unspecified atom stereocenters. The van der Waals surface area contributed by atoms with E-state index in [1.165, 1.54) is 12.1 Å². The van der Waals surface area contributed by atoms with Crippen molar-refractivity contribution in [2.75, 3.05) is 18.8 Å². The predicted molar refractivity (Wildman–Crippen MR) is 74.0 cm³/mol. The molecule has 0 bridgehead atoms. The molecular formula is C14H18FNO2S. The van der Waals surface area contributed by atoms with Gasteiger partial charge in [-0.1, -0.05) is 0 Å². The smallest absolute Gasteiger partial charge is 0.323 e. The highest BCUT2D eigenvalue weighted by Crippen LogP contribution is 2.30. The Morgan fingerprint density at radius 2 is 2.16 bits per heavy atom. The van der Waals surface area contributed by atoms with Gasteiger partial charge in [-0.3, -0.25) is 9.69 Å². The van der Waals surface area contributed by atoms with Crippen molar-refractivity contribution in [2.45, 2.75) is 30.2 Å². The topological polar surface area (TPSA) is 40.5 Å². The fraction of sp³-hybridized carbons (Fsp3) is 0.500. The van der Waals surface area contributed by atoms with Crippen LogP contribution in [0.4, 0.5) is 4.39 Å². The molecule has 1 atom stereocenters. The molecule has 1 aromatic rings. The van der Waals surface area contributed by atoms with Crippen molar-refractivity contribution in [3.63, 3.8) is 0 Å². The summed E-state index contributed by atoms with van der Waals surface area (Å²) in [6.07, 6.45) is 1.65. The molecule has 1 saturated heterocycles. The molecule has 0 saturated carbocycles. The number of carbonyl (C=O) groups is 1. The summed E-state index contributed by atoms with van der Waals surface area (Å²) in [4.78, 5) is 14.4. The maximum atomic E-state index is 12.8. The lowest BCUT2D eigenvalue weighted by molar-refractivity contribution is -0.148. The Bertz CT molecular complexity index is 451. The summed E-state index contributed by atoms with van der Waals surface area (Å²) in [6.45, 7) is 3.38.